The molecule has 1 unspecified atom stereocenters. The van der Waals surface area contributed by atoms with Crippen LogP contribution in [0.25, 0.3) is 0 Å². The highest BCUT2D eigenvalue weighted by Gasteiger charge is 2.16. The third-order valence-corrected chi connectivity index (χ3v) is 3.04. The molecule has 1 atom stereocenters. The quantitative estimate of drug-likeness (QED) is 0.822. The van der Waals surface area contributed by atoms with Gasteiger partial charge in [0, 0.05) is 18.9 Å². The van der Waals surface area contributed by atoms with Crippen molar-refractivity contribution >= 4 is 23.5 Å². The molecule has 0 radical (unpaired) electrons. The molecule has 0 aliphatic rings. The molecule has 0 fully saturated rings. The predicted octanol–water partition coefficient (Wildman–Crippen LogP) is 0.809. The molecule has 2 rings (SSSR count). The Morgan fingerprint density at radius 1 is 1.38 bits per heavy atom. The molecule has 9 heteroatoms. The van der Waals surface area contributed by atoms with E-state index in [1.54, 1.807) is 10.9 Å². The molecule has 2 N–H and O–H groups in total. The number of hydrogen-bond acceptors (Lipinski definition) is 4. The second kappa shape index (κ2) is 6.40. The summed E-state index contributed by atoms with van der Waals surface area (Å²) < 4.78 is 2.84. The van der Waals surface area contributed by atoms with E-state index in [-0.39, 0.29) is 5.91 Å². The lowest BCUT2D eigenvalue weighted by molar-refractivity contribution is -0.140. The Labute approximate surface area is 125 Å². The maximum Gasteiger partial charge on any atom is 0.328 e. The van der Waals surface area contributed by atoms with E-state index in [0.29, 0.717) is 23.7 Å². The van der Waals surface area contributed by atoms with E-state index >= 15 is 0 Å². The van der Waals surface area contributed by atoms with E-state index in [0.717, 1.165) is 0 Å². The van der Waals surface area contributed by atoms with Crippen LogP contribution >= 0.6 is 11.6 Å². The number of aliphatic carboxylic acids is 1. The molecular weight excluding hydrogens is 298 g/mol. The average Bonchev–Trinajstić information content (AvgIpc) is 3.07. The lowest BCUT2D eigenvalue weighted by Crippen LogP contribution is -2.27. The molecule has 2 heterocycles. The normalized spacial score (nSPS) is 12.1. The molecule has 112 valence electrons. The first-order chi connectivity index (χ1) is 9.97. The largest absolute Gasteiger partial charge is 0.480 e. The number of carbonyl (C=O) groups excluding carboxylic acids is 1. The average molecular weight is 312 g/mol. The molecule has 1 amide bonds. The lowest BCUT2D eigenvalue weighted by Gasteiger charge is -2.05. The van der Waals surface area contributed by atoms with Crippen LogP contribution in [0.3, 0.4) is 0 Å². The summed E-state index contributed by atoms with van der Waals surface area (Å²) in [6.45, 7) is 2.34. The van der Waals surface area contributed by atoms with Crippen molar-refractivity contribution in [2.45, 2.75) is 19.5 Å². The fourth-order valence-electron chi connectivity index (χ4n) is 1.63. The van der Waals surface area contributed by atoms with Crippen molar-refractivity contribution in [3.8, 4) is 0 Å². The first-order valence-electron chi connectivity index (χ1n) is 6.20. The van der Waals surface area contributed by atoms with Crippen molar-refractivity contribution in [2.75, 3.05) is 6.54 Å². The van der Waals surface area contributed by atoms with Gasteiger partial charge in [-0.25, -0.2) is 4.79 Å². The van der Waals surface area contributed by atoms with Gasteiger partial charge in [0.2, 0.25) is 0 Å². The van der Waals surface area contributed by atoms with Crippen molar-refractivity contribution in [1.82, 2.24) is 24.9 Å². The van der Waals surface area contributed by atoms with Gasteiger partial charge in [-0.05, 0) is 6.92 Å². The Morgan fingerprint density at radius 3 is 2.76 bits per heavy atom. The van der Waals surface area contributed by atoms with Crippen molar-refractivity contribution in [3.63, 3.8) is 0 Å². The van der Waals surface area contributed by atoms with E-state index in [1.165, 1.54) is 30.2 Å². The highest BCUT2D eigenvalue weighted by molar-refractivity contribution is 6.30. The molecule has 8 nitrogen and oxygen atoms in total. The van der Waals surface area contributed by atoms with Gasteiger partial charge in [-0.2, -0.15) is 10.2 Å². The van der Waals surface area contributed by atoms with E-state index in [2.05, 4.69) is 15.5 Å². The van der Waals surface area contributed by atoms with Crippen LogP contribution in [0.5, 0.6) is 0 Å². The summed E-state index contributed by atoms with van der Waals surface area (Å²) in [5.74, 6) is -1.34. The number of aromatic nitrogens is 4. The van der Waals surface area contributed by atoms with Crippen LogP contribution < -0.4 is 5.32 Å². The van der Waals surface area contributed by atoms with Gasteiger partial charge in [-0.3, -0.25) is 14.2 Å². The minimum Gasteiger partial charge on any atom is -0.480 e. The second-order valence-corrected chi connectivity index (χ2v) is 4.84. The number of hydrogen-bond donors (Lipinski definition) is 2. The fourth-order valence-corrected chi connectivity index (χ4v) is 1.78. The van der Waals surface area contributed by atoms with Crippen molar-refractivity contribution < 1.29 is 14.7 Å². The zero-order valence-corrected chi connectivity index (χ0v) is 12.0. The Balaban J connectivity index is 1.87. The van der Waals surface area contributed by atoms with E-state index in [9.17, 15) is 9.59 Å². The first-order valence-corrected chi connectivity index (χ1v) is 6.58. The summed E-state index contributed by atoms with van der Waals surface area (Å²) in [6.07, 6.45) is 5.90. The summed E-state index contributed by atoms with van der Waals surface area (Å²) in [5.41, 5.74) is 0.307. The van der Waals surface area contributed by atoms with Gasteiger partial charge >= 0.3 is 5.97 Å². The molecule has 2 aromatic rings. The Kier molecular flexibility index (Phi) is 4.59. The third-order valence-electron chi connectivity index (χ3n) is 2.85. The van der Waals surface area contributed by atoms with Crippen LogP contribution in [0.4, 0.5) is 0 Å². The first kappa shape index (κ1) is 15.0. The SMILES string of the molecule is CC(C(=O)O)n1cc(C(=O)NCCn2cc(Cl)cn2)cn1. The highest BCUT2D eigenvalue weighted by atomic mass is 35.5. The summed E-state index contributed by atoms with van der Waals surface area (Å²) in [6, 6.07) is -0.822. The zero-order chi connectivity index (χ0) is 15.4. The molecule has 0 saturated heterocycles. The number of carboxylic acids is 1. The molecule has 0 spiro atoms. The number of nitrogens with one attached hydrogen (secondary N) is 1. The number of nitrogens with zero attached hydrogens (tertiary/aromatic N) is 4. The predicted molar refractivity (Wildman–Crippen MR) is 74.1 cm³/mol. The molecule has 0 aliphatic heterocycles. The monoisotopic (exact) mass is 311 g/mol. The van der Waals surface area contributed by atoms with Gasteiger partial charge in [0.05, 0.1) is 29.5 Å². The van der Waals surface area contributed by atoms with Crippen molar-refractivity contribution in [3.05, 3.63) is 35.4 Å². The molecular formula is C12H14ClN5O3. The number of amides is 1. The maximum absolute atomic E-state index is 11.9. The minimum atomic E-state index is -1.01. The fraction of sp³-hybridized carbons (Fsp3) is 0.333. The van der Waals surface area contributed by atoms with Gasteiger partial charge in [0.1, 0.15) is 6.04 Å². The Morgan fingerprint density at radius 2 is 2.14 bits per heavy atom. The number of halogens is 1. The van der Waals surface area contributed by atoms with Crippen LogP contribution in [-0.2, 0) is 11.3 Å². The molecule has 0 bridgehead atoms. The van der Waals surface area contributed by atoms with Crippen LogP contribution in [0.2, 0.25) is 5.02 Å². The molecule has 0 saturated carbocycles. The van der Waals surface area contributed by atoms with Crippen LogP contribution in [0.15, 0.2) is 24.8 Å². The Bertz CT molecular complexity index is 651. The van der Waals surface area contributed by atoms with Crippen LogP contribution in [-0.4, -0.2) is 43.1 Å². The van der Waals surface area contributed by atoms with E-state index < -0.39 is 12.0 Å². The molecule has 2 aromatic heterocycles. The van der Waals surface area contributed by atoms with Gasteiger partial charge in [0.15, 0.2) is 0 Å². The summed E-state index contributed by atoms with van der Waals surface area (Å²) in [4.78, 5) is 22.7. The summed E-state index contributed by atoms with van der Waals surface area (Å²) in [5, 5.41) is 19.9. The number of carbonyl (C=O) groups is 2. The standard InChI is InChI=1S/C12H14ClN5O3/c1-8(12(20)21)18-6-9(4-16-18)11(19)14-2-3-17-7-10(13)5-15-17/h4-8H,2-3H2,1H3,(H,14,19)(H,20,21). The second-order valence-electron chi connectivity index (χ2n) is 4.40. The molecule has 0 aliphatic carbocycles. The summed E-state index contributed by atoms with van der Waals surface area (Å²) >= 11 is 5.73. The van der Waals surface area contributed by atoms with Crippen LogP contribution in [0, 0.1) is 0 Å². The highest BCUT2D eigenvalue weighted by Crippen LogP contribution is 2.07. The molecule has 0 aromatic carbocycles. The lowest BCUT2D eigenvalue weighted by atomic mass is 10.3. The van der Waals surface area contributed by atoms with Crippen molar-refractivity contribution in [1.29, 1.82) is 0 Å². The van der Waals surface area contributed by atoms with E-state index in [1.807, 2.05) is 0 Å². The van der Waals surface area contributed by atoms with Crippen molar-refractivity contribution in [2.24, 2.45) is 0 Å². The number of carboxylic acid groups (broad SMARTS) is 1. The zero-order valence-electron chi connectivity index (χ0n) is 11.2. The maximum atomic E-state index is 11.9. The third kappa shape index (κ3) is 3.82. The topological polar surface area (TPSA) is 102 Å². The minimum absolute atomic E-state index is 0.307. The Hall–Kier alpha value is -2.35. The van der Waals surface area contributed by atoms with Crippen LogP contribution in [0.1, 0.15) is 23.3 Å². The number of rotatable bonds is 6. The van der Waals surface area contributed by atoms with E-state index in [4.69, 9.17) is 16.7 Å². The van der Waals surface area contributed by atoms with Gasteiger partial charge < -0.3 is 10.4 Å². The van der Waals surface area contributed by atoms with Gasteiger partial charge in [-0.15, -0.1) is 0 Å². The smallest absolute Gasteiger partial charge is 0.328 e. The van der Waals surface area contributed by atoms with Gasteiger partial charge in [-0.1, -0.05) is 11.6 Å². The summed E-state index contributed by atoms with van der Waals surface area (Å²) in [7, 11) is 0. The molecule has 21 heavy (non-hydrogen) atoms. The van der Waals surface area contributed by atoms with Gasteiger partial charge in [0.25, 0.3) is 5.91 Å².